The number of sulfonamides is 1. The molecule has 0 bridgehead atoms. The molecule has 0 aliphatic carbocycles. The van der Waals surface area contributed by atoms with Crippen LogP contribution in [0.2, 0.25) is 0 Å². The number of aromatic nitrogens is 6. The topological polar surface area (TPSA) is 180 Å². The Kier molecular flexibility index (Phi) is 8.84. The Morgan fingerprint density at radius 1 is 1.02 bits per heavy atom. The van der Waals surface area contributed by atoms with E-state index in [1.807, 2.05) is 53.2 Å². The molecule has 1 aliphatic rings. The lowest BCUT2D eigenvalue weighted by molar-refractivity contribution is 0.102. The van der Waals surface area contributed by atoms with Crippen molar-refractivity contribution in [1.82, 2.24) is 39.5 Å². The molecule has 5 aromatic rings. The Hall–Kier alpha value is -4.70. The molecule has 0 saturated carbocycles. The van der Waals surface area contributed by atoms with Crippen LogP contribution in [0.25, 0.3) is 16.9 Å². The summed E-state index contributed by atoms with van der Waals surface area (Å²) in [5.41, 5.74) is 4.14. The van der Waals surface area contributed by atoms with Crippen molar-refractivity contribution >= 4 is 44.2 Å². The molecule has 6 rings (SSSR count). The van der Waals surface area contributed by atoms with Crippen LogP contribution in [0.1, 0.15) is 28.0 Å². The fourth-order valence-corrected chi connectivity index (χ4v) is 5.84. The number of hydrogen-bond acceptors (Lipinski definition) is 10. The molecule has 1 amide bonds. The summed E-state index contributed by atoms with van der Waals surface area (Å²) in [6, 6.07) is 13.5. The van der Waals surface area contributed by atoms with Gasteiger partial charge in [-0.15, -0.1) is 0 Å². The van der Waals surface area contributed by atoms with Gasteiger partial charge in [0.25, 0.3) is 5.91 Å². The number of piperazine rings is 1. The van der Waals surface area contributed by atoms with Gasteiger partial charge in [-0.05, 0) is 61.3 Å². The number of likely N-dealkylation sites (N-methyl/N-ethyl adjacent to an activating group) is 1. The van der Waals surface area contributed by atoms with Crippen molar-refractivity contribution in [2.45, 2.75) is 19.4 Å². The minimum Gasteiger partial charge on any atom is -0.336 e. The number of pyridine rings is 1. The first-order valence-electron chi connectivity index (χ1n) is 14.6. The third-order valence-corrected chi connectivity index (χ3v) is 8.62. The number of aromatic amines is 1. The highest BCUT2D eigenvalue weighted by Gasteiger charge is 2.18. The SMILES string of the molecule is CN1CCN(Cc2ccc(NC(=O)c3[nH]ncc3Nc3ncnc4c3ccn4-c3cc(CCCS(N)(=O)=O)ccn3)cc2)CC1. The van der Waals surface area contributed by atoms with Gasteiger partial charge in [-0.2, -0.15) is 5.10 Å². The Morgan fingerprint density at radius 3 is 2.60 bits per heavy atom. The van der Waals surface area contributed by atoms with Crippen LogP contribution >= 0.6 is 0 Å². The fourth-order valence-electron chi connectivity index (χ4n) is 5.29. The zero-order valence-corrected chi connectivity index (χ0v) is 25.7. The second-order valence-corrected chi connectivity index (χ2v) is 12.9. The van der Waals surface area contributed by atoms with Gasteiger partial charge in [0.1, 0.15) is 23.7 Å². The van der Waals surface area contributed by atoms with E-state index in [2.05, 4.69) is 52.6 Å². The molecule has 5 heterocycles. The number of nitrogens with two attached hydrogens (primary N) is 1. The molecule has 14 nitrogen and oxygen atoms in total. The van der Waals surface area contributed by atoms with Crippen LogP contribution in [-0.4, -0.2) is 92.8 Å². The van der Waals surface area contributed by atoms with E-state index in [0.717, 1.165) is 38.3 Å². The van der Waals surface area contributed by atoms with Crippen LogP contribution in [-0.2, 0) is 23.0 Å². The summed E-state index contributed by atoms with van der Waals surface area (Å²) in [6.45, 7) is 5.11. The average Bonchev–Trinajstić information content (AvgIpc) is 3.67. The highest BCUT2D eigenvalue weighted by molar-refractivity contribution is 7.89. The zero-order chi connectivity index (χ0) is 31.4. The molecule has 0 unspecified atom stereocenters. The van der Waals surface area contributed by atoms with Gasteiger partial charge < -0.3 is 15.5 Å². The predicted octanol–water partition coefficient (Wildman–Crippen LogP) is 2.50. The van der Waals surface area contributed by atoms with Crippen LogP contribution in [0.4, 0.5) is 17.2 Å². The average molecular weight is 630 g/mol. The number of carbonyl (C=O) groups excluding carboxylic acids is 1. The van der Waals surface area contributed by atoms with Crippen molar-refractivity contribution in [2.75, 3.05) is 49.6 Å². The number of nitrogens with zero attached hydrogens (tertiary/aromatic N) is 7. The Morgan fingerprint density at radius 2 is 1.82 bits per heavy atom. The standard InChI is InChI=1S/C30H35N11O3S/c1-39-12-14-40(15-13-39)19-22-4-6-23(7-5-22)36-30(42)27-25(18-35-38-27)37-28-24-9-11-41(29(24)34-20-33-28)26-17-21(8-10-32-26)3-2-16-45(31,43)44/h4-11,17-18,20H,2-3,12-16,19H2,1H3,(H,35,38)(H,36,42)(H2,31,43,44)(H,33,34,37). The van der Waals surface area contributed by atoms with Crippen molar-refractivity contribution in [3.63, 3.8) is 0 Å². The lowest BCUT2D eigenvalue weighted by Crippen LogP contribution is -2.43. The Balaban J connectivity index is 1.13. The summed E-state index contributed by atoms with van der Waals surface area (Å²) in [7, 11) is -1.37. The van der Waals surface area contributed by atoms with Gasteiger partial charge in [-0.3, -0.25) is 19.4 Å². The highest BCUT2D eigenvalue weighted by atomic mass is 32.2. The first kappa shape index (κ1) is 30.3. The van der Waals surface area contributed by atoms with E-state index in [-0.39, 0.29) is 17.4 Å². The van der Waals surface area contributed by atoms with Crippen molar-refractivity contribution in [2.24, 2.45) is 5.14 Å². The minimum atomic E-state index is -3.51. The summed E-state index contributed by atoms with van der Waals surface area (Å²) in [5, 5.41) is 18.9. The number of rotatable bonds is 11. The lowest BCUT2D eigenvalue weighted by Gasteiger charge is -2.32. The second kappa shape index (κ2) is 13.1. The summed E-state index contributed by atoms with van der Waals surface area (Å²) in [5.74, 6) is 0.692. The maximum absolute atomic E-state index is 13.2. The normalized spacial score (nSPS) is 14.5. The summed E-state index contributed by atoms with van der Waals surface area (Å²) in [4.78, 5) is 31.3. The van der Waals surface area contributed by atoms with E-state index in [1.165, 1.54) is 18.1 Å². The Bertz CT molecular complexity index is 1900. The van der Waals surface area contributed by atoms with Crippen molar-refractivity contribution < 1.29 is 13.2 Å². The molecule has 15 heteroatoms. The fraction of sp³-hybridized carbons (Fsp3) is 0.300. The lowest BCUT2D eigenvalue weighted by atomic mass is 10.1. The van der Waals surface area contributed by atoms with E-state index in [1.54, 1.807) is 6.20 Å². The number of nitrogens with one attached hydrogen (secondary N) is 3. The molecule has 45 heavy (non-hydrogen) atoms. The first-order valence-corrected chi connectivity index (χ1v) is 16.3. The predicted molar refractivity (Wildman–Crippen MR) is 172 cm³/mol. The molecule has 0 atom stereocenters. The molecular formula is C30H35N11O3S. The van der Waals surface area contributed by atoms with Gasteiger partial charge >= 0.3 is 0 Å². The third-order valence-electron chi connectivity index (χ3n) is 7.77. The van der Waals surface area contributed by atoms with E-state index >= 15 is 0 Å². The molecule has 1 aliphatic heterocycles. The summed E-state index contributed by atoms with van der Waals surface area (Å²) in [6.07, 6.45) is 7.42. The number of carbonyl (C=O) groups is 1. The number of fused-ring (bicyclic) bond motifs is 1. The number of benzene rings is 1. The van der Waals surface area contributed by atoms with Gasteiger partial charge in [0.2, 0.25) is 10.0 Å². The smallest absolute Gasteiger partial charge is 0.275 e. The molecule has 1 aromatic carbocycles. The molecule has 1 fully saturated rings. The van der Waals surface area contributed by atoms with Crippen LogP contribution in [0.3, 0.4) is 0 Å². The van der Waals surface area contributed by atoms with Crippen molar-refractivity contribution in [3.8, 4) is 5.82 Å². The maximum Gasteiger partial charge on any atom is 0.275 e. The number of anilines is 3. The van der Waals surface area contributed by atoms with Crippen LogP contribution in [0.15, 0.2) is 67.4 Å². The molecule has 1 saturated heterocycles. The van der Waals surface area contributed by atoms with Crippen molar-refractivity contribution in [1.29, 1.82) is 0 Å². The maximum atomic E-state index is 13.2. The second-order valence-electron chi connectivity index (χ2n) is 11.2. The van der Waals surface area contributed by atoms with E-state index in [9.17, 15) is 13.2 Å². The van der Waals surface area contributed by atoms with Gasteiger partial charge in [-0.1, -0.05) is 12.1 Å². The third kappa shape index (κ3) is 7.51. The number of hydrogen-bond donors (Lipinski definition) is 4. The Labute approximate surface area is 260 Å². The highest BCUT2D eigenvalue weighted by Crippen LogP contribution is 2.27. The monoisotopic (exact) mass is 629 g/mol. The molecule has 0 spiro atoms. The van der Waals surface area contributed by atoms with E-state index in [4.69, 9.17) is 5.14 Å². The molecular weight excluding hydrogens is 594 g/mol. The molecule has 234 valence electrons. The minimum absolute atomic E-state index is 0.0865. The van der Waals surface area contributed by atoms with E-state index in [0.29, 0.717) is 46.9 Å². The van der Waals surface area contributed by atoms with Gasteiger partial charge in [0.15, 0.2) is 5.65 Å². The quantitative estimate of drug-likeness (QED) is 0.170. The van der Waals surface area contributed by atoms with Gasteiger partial charge in [0, 0.05) is 50.8 Å². The molecule has 0 radical (unpaired) electrons. The molecule has 4 aromatic heterocycles. The zero-order valence-electron chi connectivity index (χ0n) is 24.8. The van der Waals surface area contributed by atoms with Gasteiger partial charge in [0.05, 0.1) is 23.0 Å². The van der Waals surface area contributed by atoms with Crippen LogP contribution in [0.5, 0.6) is 0 Å². The number of aryl methyl sites for hydroxylation is 1. The largest absolute Gasteiger partial charge is 0.336 e. The number of primary sulfonamides is 1. The van der Waals surface area contributed by atoms with Crippen LogP contribution < -0.4 is 15.8 Å². The first-order chi connectivity index (χ1) is 21.7. The van der Waals surface area contributed by atoms with Crippen LogP contribution in [0, 0.1) is 0 Å². The number of amides is 1. The molecule has 5 N–H and O–H groups in total. The van der Waals surface area contributed by atoms with E-state index < -0.39 is 10.0 Å². The van der Waals surface area contributed by atoms with Gasteiger partial charge in [-0.25, -0.2) is 28.5 Å². The number of H-pyrrole nitrogens is 1. The van der Waals surface area contributed by atoms with Crippen molar-refractivity contribution in [3.05, 3.63) is 84.2 Å². The summed E-state index contributed by atoms with van der Waals surface area (Å²) >= 11 is 0. The summed E-state index contributed by atoms with van der Waals surface area (Å²) < 4.78 is 24.4.